The molecule has 0 saturated carbocycles. The fourth-order valence-corrected chi connectivity index (χ4v) is 3.96. The summed E-state index contributed by atoms with van der Waals surface area (Å²) in [7, 11) is 0. The molecule has 0 aromatic heterocycles. The number of halogens is 2. The van der Waals surface area contributed by atoms with E-state index in [2.05, 4.69) is 12.1 Å². The number of carbonyl (C=O) groups excluding carboxylic acids is 1. The van der Waals surface area contributed by atoms with E-state index in [1.165, 1.54) is 5.56 Å². The fourth-order valence-electron chi connectivity index (χ4n) is 3.32. The van der Waals surface area contributed by atoms with Gasteiger partial charge in [0.2, 0.25) is 0 Å². The Bertz CT molecular complexity index is 727. The number of carbonyl (C=O) groups is 1. The number of hydrogen-bond donors (Lipinski definition) is 1. The van der Waals surface area contributed by atoms with Gasteiger partial charge >= 0.3 is 0 Å². The molecule has 0 aliphatic carbocycles. The molecule has 0 unspecified atom stereocenters. The van der Waals surface area contributed by atoms with E-state index in [-0.39, 0.29) is 30.2 Å². The SMILES string of the molecule is CSc1ccc(Cl)c(C(=O)N2C[C@@H](CN)[C@H](c3ccccc3)C2)c1.Cl. The topological polar surface area (TPSA) is 46.3 Å². The minimum absolute atomic E-state index is 0. The number of benzene rings is 2. The van der Waals surface area contributed by atoms with E-state index < -0.39 is 0 Å². The number of amides is 1. The summed E-state index contributed by atoms with van der Waals surface area (Å²) in [6.07, 6.45) is 1.99. The zero-order valence-electron chi connectivity index (χ0n) is 14.0. The minimum atomic E-state index is -0.00668. The van der Waals surface area contributed by atoms with Gasteiger partial charge in [0.15, 0.2) is 0 Å². The number of nitrogens with zero attached hydrogens (tertiary/aromatic N) is 1. The lowest BCUT2D eigenvalue weighted by Crippen LogP contribution is -2.30. The molecule has 1 aliphatic heterocycles. The second-order valence-electron chi connectivity index (χ2n) is 6.07. The molecular formula is C19H22Cl2N2OS. The lowest BCUT2D eigenvalue weighted by Gasteiger charge is -2.18. The molecule has 6 heteroatoms. The van der Waals surface area contributed by atoms with Crippen LogP contribution in [-0.2, 0) is 0 Å². The predicted molar refractivity (Wildman–Crippen MR) is 108 cm³/mol. The highest BCUT2D eigenvalue weighted by Crippen LogP contribution is 2.34. The third kappa shape index (κ3) is 4.32. The number of nitrogens with two attached hydrogens (primary N) is 1. The fraction of sp³-hybridized carbons (Fsp3) is 0.316. The molecule has 2 atom stereocenters. The summed E-state index contributed by atoms with van der Waals surface area (Å²) in [6, 6.07) is 15.9. The minimum Gasteiger partial charge on any atom is -0.338 e. The first-order valence-electron chi connectivity index (χ1n) is 8.02. The smallest absolute Gasteiger partial charge is 0.255 e. The Balaban J connectivity index is 0.00000225. The molecule has 2 aromatic rings. The van der Waals surface area contributed by atoms with Crippen molar-refractivity contribution in [1.29, 1.82) is 0 Å². The van der Waals surface area contributed by atoms with Crippen molar-refractivity contribution in [3.63, 3.8) is 0 Å². The van der Waals surface area contributed by atoms with Crippen molar-refractivity contribution in [3.05, 3.63) is 64.7 Å². The molecule has 1 fully saturated rings. The lowest BCUT2D eigenvalue weighted by atomic mass is 9.89. The summed E-state index contributed by atoms with van der Waals surface area (Å²) >= 11 is 7.87. The molecule has 1 amide bonds. The van der Waals surface area contributed by atoms with Gasteiger partial charge in [-0.3, -0.25) is 4.79 Å². The van der Waals surface area contributed by atoms with E-state index in [1.54, 1.807) is 17.8 Å². The molecule has 1 saturated heterocycles. The van der Waals surface area contributed by atoms with Crippen LogP contribution < -0.4 is 5.73 Å². The van der Waals surface area contributed by atoms with Crippen LogP contribution >= 0.6 is 35.8 Å². The van der Waals surface area contributed by atoms with E-state index in [1.807, 2.05) is 41.5 Å². The molecule has 0 spiro atoms. The maximum absolute atomic E-state index is 13.0. The molecule has 25 heavy (non-hydrogen) atoms. The highest BCUT2D eigenvalue weighted by atomic mass is 35.5. The van der Waals surface area contributed by atoms with Gasteiger partial charge in [-0.25, -0.2) is 0 Å². The molecule has 134 valence electrons. The largest absolute Gasteiger partial charge is 0.338 e. The first-order valence-corrected chi connectivity index (χ1v) is 9.62. The maximum Gasteiger partial charge on any atom is 0.255 e. The van der Waals surface area contributed by atoms with Gasteiger partial charge in [0.05, 0.1) is 10.6 Å². The molecule has 1 aliphatic rings. The standard InChI is InChI=1S/C19H21ClN2OS.ClH/c1-24-15-7-8-18(20)16(9-15)19(23)22-11-14(10-21)17(12-22)13-5-3-2-4-6-13;/h2-9,14,17H,10-12,21H2,1H3;1H/t14-,17+;/m1./s1. The molecule has 2 N–H and O–H groups in total. The summed E-state index contributed by atoms with van der Waals surface area (Å²) in [4.78, 5) is 15.9. The van der Waals surface area contributed by atoms with Crippen molar-refractivity contribution in [2.75, 3.05) is 25.9 Å². The third-order valence-corrected chi connectivity index (χ3v) is 5.72. The molecule has 0 radical (unpaired) electrons. The normalized spacial score (nSPS) is 19.6. The van der Waals surface area contributed by atoms with Gasteiger partial charge in [0, 0.05) is 23.9 Å². The van der Waals surface area contributed by atoms with Crippen molar-refractivity contribution in [2.45, 2.75) is 10.8 Å². The monoisotopic (exact) mass is 396 g/mol. The van der Waals surface area contributed by atoms with Crippen LogP contribution in [0, 0.1) is 5.92 Å². The second kappa shape index (κ2) is 8.95. The maximum atomic E-state index is 13.0. The Morgan fingerprint density at radius 1 is 1.24 bits per heavy atom. The van der Waals surface area contributed by atoms with Crippen molar-refractivity contribution in [3.8, 4) is 0 Å². The quantitative estimate of drug-likeness (QED) is 0.783. The van der Waals surface area contributed by atoms with E-state index in [4.69, 9.17) is 17.3 Å². The van der Waals surface area contributed by atoms with Crippen LogP contribution in [0.5, 0.6) is 0 Å². The number of likely N-dealkylation sites (tertiary alicyclic amines) is 1. The van der Waals surface area contributed by atoms with Gasteiger partial charge in [-0.15, -0.1) is 24.2 Å². The van der Waals surface area contributed by atoms with E-state index in [0.29, 0.717) is 30.2 Å². The van der Waals surface area contributed by atoms with Crippen molar-refractivity contribution in [1.82, 2.24) is 4.90 Å². The number of rotatable bonds is 4. The summed E-state index contributed by atoms with van der Waals surface area (Å²) < 4.78 is 0. The van der Waals surface area contributed by atoms with Crippen LogP contribution in [0.15, 0.2) is 53.4 Å². The Morgan fingerprint density at radius 3 is 2.60 bits per heavy atom. The summed E-state index contributed by atoms with van der Waals surface area (Å²) in [5.74, 6) is 0.550. The van der Waals surface area contributed by atoms with Crippen LogP contribution in [0.1, 0.15) is 21.8 Å². The molecule has 1 heterocycles. The van der Waals surface area contributed by atoms with Gasteiger partial charge in [-0.2, -0.15) is 0 Å². The van der Waals surface area contributed by atoms with Crippen LogP contribution in [0.2, 0.25) is 5.02 Å². The molecule has 0 bridgehead atoms. The number of hydrogen-bond acceptors (Lipinski definition) is 3. The highest BCUT2D eigenvalue weighted by Gasteiger charge is 2.36. The van der Waals surface area contributed by atoms with Crippen LogP contribution in [0.25, 0.3) is 0 Å². The van der Waals surface area contributed by atoms with Crippen LogP contribution in [0.3, 0.4) is 0 Å². The van der Waals surface area contributed by atoms with Crippen molar-refractivity contribution >= 4 is 41.7 Å². The Morgan fingerprint density at radius 2 is 1.96 bits per heavy atom. The highest BCUT2D eigenvalue weighted by molar-refractivity contribution is 7.98. The van der Waals surface area contributed by atoms with E-state index in [0.717, 1.165) is 4.90 Å². The summed E-state index contributed by atoms with van der Waals surface area (Å²) in [5.41, 5.74) is 7.79. The zero-order valence-corrected chi connectivity index (χ0v) is 16.4. The summed E-state index contributed by atoms with van der Waals surface area (Å²) in [5, 5.41) is 0.505. The van der Waals surface area contributed by atoms with Crippen molar-refractivity contribution < 1.29 is 4.79 Å². The molecular weight excluding hydrogens is 375 g/mol. The third-order valence-electron chi connectivity index (χ3n) is 4.66. The molecule has 2 aromatic carbocycles. The molecule has 3 nitrogen and oxygen atoms in total. The zero-order chi connectivity index (χ0) is 17.1. The van der Waals surface area contributed by atoms with Gasteiger partial charge in [0.1, 0.15) is 0 Å². The average molecular weight is 397 g/mol. The Labute approximate surface area is 164 Å². The van der Waals surface area contributed by atoms with Gasteiger partial charge in [0.25, 0.3) is 5.91 Å². The van der Waals surface area contributed by atoms with Gasteiger partial charge in [-0.1, -0.05) is 41.9 Å². The molecule has 3 rings (SSSR count). The van der Waals surface area contributed by atoms with E-state index >= 15 is 0 Å². The predicted octanol–water partition coefficient (Wildman–Crippen LogP) is 4.30. The summed E-state index contributed by atoms with van der Waals surface area (Å²) in [6.45, 7) is 1.93. The average Bonchev–Trinajstić information content (AvgIpc) is 3.07. The first kappa shape index (κ1) is 20.1. The Kier molecular flexibility index (Phi) is 7.20. The van der Waals surface area contributed by atoms with Crippen molar-refractivity contribution in [2.24, 2.45) is 11.7 Å². The Hall–Kier alpha value is -1.20. The lowest BCUT2D eigenvalue weighted by molar-refractivity contribution is 0.0786. The van der Waals surface area contributed by atoms with Gasteiger partial charge in [-0.05, 0) is 42.5 Å². The van der Waals surface area contributed by atoms with Crippen LogP contribution in [-0.4, -0.2) is 36.7 Å². The number of thioether (sulfide) groups is 1. The second-order valence-corrected chi connectivity index (χ2v) is 7.36. The first-order chi connectivity index (χ1) is 11.6. The van der Waals surface area contributed by atoms with Gasteiger partial charge < -0.3 is 10.6 Å². The van der Waals surface area contributed by atoms with Crippen LogP contribution in [0.4, 0.5) is 0 Å². The van der Waals surface area contributed by atoms with E-state index in [9.17, 15) is 4.79 Å².